The Bertz CT molecular complexity index is 235. The number of rotatable bonds is 3. The van der Waals surface area contributed by atoms with E-state index in [1.807, 2.05) is 23.3 Å². The van der Waals surface area contributed by atoms with Crippen LogP contribution in [0, 0.1) is 5.92 Å². The second-order valence-corrected chi connectivity index (χ2v) is 5.48. The van der Waals surface area contributed by atoms with Crippen molar-refractivity contribution in [1.82, 2.24) is 10.3 Å². The van der Waals surface area contributed by atoms with E-state index in [0.29, 0.717) is 0 Å². The zero-order valence-electron chi connectivity index (χ0n) is 7.94. The summed E-state index contributed by atoms with van der Waals surface area (Å²) in [6.45, 7) is 2.40. The van der Waals surface area contributed by atoms with Crippen molar-refractivity contribution in [2.45, 2.75) is 17.2 Å². The molecule has 1 saturated heterocycles. The lowest BCUT2D eigenvalue weighted by Crippen LogP contribution is -2.30. The van der Waals surface area contributed by atoms with Gasteiger partial charge in [-0.1, -0.05) is 11.8 Å². The Morgan fingerprint density at radius 3 is 3.21 bits per heavy atom. The van der Waals surface area contributed by atoms with Gasteiger partial charge in [-0.2, -0.15) is 0 Å². The van der Waals surface area contributed by atoms with Crippen molar-refractivity contribution in [3.05, 3.63) is 11.6 Å². The van der Waals surface area contributed by atoms with Crippen LogP contribution in [0.1, 0.15) is 12.8 Å². The molecule has 0 saturated carbocycles. The van der Waals surface area contributed by atoms with Gasteiger partial charge in [0.25, 0.3) is 0 Å². The number of hydrogen-bond acceptors (Lipinski definition) is 4. The molecule has 2 rings (SSSR count). The van der Waals surface area contributed by atoms with E-state index < -0.39 is 0 Å². The average molecular weight is 251 g/mol. The number of nitrogens with zero attached hydrogens (tertiary/aromatic N) is 1. The van der Waals surface area contributed by atoms with Crippen molar-refractivity contribution < 1.29 is 0 Å². The van der Waals surface area contributed by atoms with E-state index >= 15 is 0 Å². The molecule has 1 N–H and O–H groups in total. The van der Waals surface area contributed by atoms with Crippen molar-refractivity contribution in [2.75, 3.05) is 18.8 Å². The molecule has 1 unspecified atom stereocenters. The number of aromatic nitrogens is 1. The van der Waals surface area contributed by atoms with Gasteiger partial charge in [-0.15, -0.1) is 23.7 Å². The summed E-state index contributed by atoms with van der Waals surface area (Å²) in [7, 11) is 0. The molecule has 2 nitrogen and oxygen atoms in total. The predicted molar refractivity (Wildman–Crippen MR) is 65.7 cm³/mol. The molecule has 1 aromatic heterocycles. The first-order valence-electron chi connectivity index (χ1n) is 4.68. The fourth-order valence-corrected chi connectivity index (χ4v) is 3.34. The third-order valence-electron chi connectivity index (χ3n) is 2.25. The fourth-order valence-electron chi connectivity index (χ4n) is 1.54. The predicted octanol–water partition coefficient (Wildman–Crippen LogP) is 2.66. The van der Waals surface area contributed by atoms with Crippen molar-refractivity contribution >= 4 is 35.5 Å². The first kappa shape index (κ1) is 12.3. The Kier molecular flexibility index (Phi) is 5.86. The number of halogens is 1. The van der Waals surface area contributed by atoms with E-state index in [9.17, 15) is 0 Å². The number of thiazole rings is 1. The molecular formula is C9H15ClN2S2. The van der Waals surface area contributed by atoms with E-state index in [2.05, 4.69) is 10.3 Å². The lowest BCUT2D eigenvalue weighted by Gasteiger charge is -2.21. The molecule has 0 bridgehead atoms. The molecule has 0 aromatic carbocycles. The van der Waals surface area contributed by atoms with Gasteiger partial charge in [-0.25, -0.2) is 4.98 Å². The monoisotopic (exact) mass is 250 g/mol. The molecular weight excluding hydrogens is 236 g/mol. The summed E-state index contributed by atoms with van der Waals surface area (Å²) >= 11 is 3.64. The van der Waals surface area contributed by atoms with Gasteiger partial charge in [0.05, 0.1) is 0 Å². The van der Waals surface area contributed by atoms with Gasteiger partial charge in [-0.3, -0.25) is 0 Å². The maximum atomic E-state index is 4.26. The largest absolute Gasteiger partial charge is 0.316 e. The molecule has 14 heavy (non-hydrogen) atoms. The third kappa shape index (κ3) is 3.77. The molecule has 0 amide bonds. The maximum Gasteiger partial charge on any atom is 0.149 e. The van der Waals surface area contributed by atoms with Crippen LogP contribution >= 0.6 is 35.5 Å². The van der Waals surface area contributed by atoms with Crippen molar-refractivity contribution in [2.24, 2.45) is 5.92 Å². The van der Waals surface area contributed by atoms with Crippen LogP contribution < -0.4 is 5.32 Å². The summed E-state index contributed by atoms with van der Waals surface area (Å²) < 4.78 is 1.21. The summed E-state index contributed by atoms with van der Waals surface area (Å²) in [5, 5.41) is 5.48. The molecule has 1 atom stereocenters. The second-order valence-electron chi connectivity index (χ2n) is 3.32. The van der Waals surface area contributed by atoms with E-state index in [4.69, 9.17) is 0 Å². The van der Waals surface area contributed by atoms with E-state index in [1.165, 1.54) is 36.0 Å². The SMILES string of the molecule is Cl.c1csc(SCC2CCCNC2)n1. The molecule has 0 radical (unpaired) electrons. The highest BCUT2D eigenvalue weighted by Crippen LogP contribution is 2.24. The quantitative estimate of drug-likeness (QED) is 0.835. The highest BCUT2D eigenvalue weighted by molar-refractivity contribution is 8.01. The molecule has 80 valence electrons. The number of hydrogen-bond donors (Lipinski definition) is 1. The van der Waals surface area contributed by atoms with Gasteiger partial charge in [0.15, 0.2) is 0 Å². The van der Waals surface area contributed by atoms with Gasteiger partial charge in [0.1, 0.15) is 4.34 Å². The lowest BCUT2D eigenvalue weighted by molar-refractivity contribution is 0.410. The van der Waals surface area contributed by atoms with Crippen LogP contribution in [-0.2, 0) is 0 Å². The van der Waals surface area contributed by atoms with Crippen molar-refractivity contribution in [3.8, 4) is 0 Å². The number of piperidine rings is 1. The van der Waals surface area contributed by atoms with Gasteiger partial charge in [0.2, 0.25) is 0 Å². The van der Waals surface area contributed by atoms with Crippen LogP contribution in [0.5, 0.6) is 0 Å². The minimum absolute atomic E-state index is 0. The molecule has 5 heteroatoms. The molecule has 1 aliphatic heterocycles. The lowest BCUT2D eigenvalue weighted by atomic mass is 10.0. The minimum Gasteiger partial charge on any atom is -0.316 e. The Balaban J connectivity index is 0.000000980. The van der Waals surface area contributed by atoms with Gasteiger partial charge in [0, 0.05) is 17.3 Å². The third-order valence-corrected chi connectivity index (χ3v) is 4.45. The van der Waals surface area contributed by atoms with E-state index in [1.54, 1.807) is 11.3 Å². The topological polar surface area (TPSA) is 24.9 Å². The summed E-state index contributed by atoms with van der Waals surface area (Å²) in [4.78, 5) is 4.26. The summed E-state index contributed by atoms with van der Waals surface area (Å²) in [5.74, 6) is 2.07. The minimum atomic E-state index is 0. The zero-order chi connectivity index (χ0) is 8.93. The Hall–Kier alpha value is 0.230. The summed E-state index contributed by atoms with van der Waals surface area (Å²) in [5.41, 5.74) is 0. The number of thioether (sulfide) groups is 1. The standard InChI is InChI=1S/C9H14N2S2.ClH/c1-2-8(6-10-3-1)7-13-9-11-4-5-12-9;/h4-5,8,10H,1-3,6-7H2;1H. The molecule has 1 aromatic rings. The molecule has 0 spiro atoms. The van der Waals surface area contributed by atoms with Gasteiger partial charge >= 0.3 is 0 Å². The highest BCUT2D eigenvalue weighted by atomic mass is 35.5. The first-order valence-corrected chi connectivity index (χ1v) is 6.54. The van der Waals surface area contributed by atoms with Crippen LogP contribution in [0.3, 0.4) is 0 Å². The van der Waals surface area contributed by atoms with Crippen molar-refractivity contribution in [1.29, 1.82) is 0 Å². The van der Waals surface area contributed by atoms with Crippen LogP contribution in [-0.4, -0.2) is 23.8 Å². The Morgan fingerprint density at radius 2 is 2.57 bits per heavy atom. The van der Waals surface area contributed by atoms with E-state index in [-0.39, 0.29) is 12.4 Å². The van der Waals surface area contributed by atoms with Gasteiger partial charge < -0.3 is 5.32 Å². The Labute approximate surface area is 99.3 Å². The second kappa shape index (κ2) is 6.67. The molecule has 1 aliphatic rings. The smallest absolute Gasteiger partial charge is 0.149 e. The summed E-state index contributed by atoms with van der Waals surface area (Å²) in [6.07, 6.45) is 4.60. The maximum absolute atomic E-state index is 4.26. The average Bonchev–Trinajstić information content (AvgIpc) is 2.69. The van der Waals surface area contributed by atoms with Crippen molar-refractivity contribution in [3.63, 3.8) is 0 Å². The normalized spacial score (nSPS) is 21.6. The molecule has 2 heterocycles. The highest BCUT2D eigenvalue weighted by Gasteiger charge is 2.13. The number of nitrogens with one attached hydrogen (secondary N) is 1. The van der Waals surface area contributed by atoms with Gasteiger partial charge in [-0.05, 0) is 31.8 Å². The fraction of sp³-hybridized carbons (Fsp3) is 0.667. The zero-order valence-corrected chi connectivity index (χ0v) is 10.4. The van der Waals surface area contributed by atoms with Crippen LogP contribution in [0.25, 0.3) is 0 Å². The molecule has 1 fully saturated rings. The Morgan fingerprint density at radius 1 is 1.64 bits per heavy atom. The van der Waals surface area contributed by atoms with Crippen LogP contribution in [0.2, 0.25) is 0 Å². The first-order chi connectivity index (χ1) is 6.45. The van der Waals surface area contributed by atoms with Crippen LogP contribution in [0.4, 0.5) is 0 Å². The molecule has 0 aliphatic carbocycles. The summed E-state index contributed by atoms with van der Waals surface area (Å²) in [6, 6.07) is 0. The van der Waals surface area contributed by atoms with E-state index in [0.717, 1.165) is 5.92 Å². The van der Waals surface area contributed by atoms with Crippen LogP contribution in [0.15, 0.2) is 15.9 Å².